The quantitative estimate of drug-likeness (QED) is 0.460. The molecule has 9 heteroatoms. The molecule has 3 aliphatic rings. The number of nitrogens with one attached hydrogen (secondary N) is 2. The lowest BCUT2D eigenvalue weighted by atomic mass is 9.44. The maximum atomic E-state index is 13.4. The number of carbonyl (C=O) groups excluding carboxylic acids is 3. The van der Waals surface area contributed by atoms with E-state index >= 15 is 0 Å². The van der Waals surface area contributed by atoms with Crippen molar-refractivity contribution in [1.82, 2.24) is 10.6 Å². The number of hydrogen-bond acceptors (Lipinski definition) is 4. The minimum atomic E-state index is -0.619. The van der Waals surface area contributed by atoms with Gasteiger partial charge in [0.05, 0.1) is 11.4 Å². The third-order valence-corrected chi connectivity index (χ3v) is 6.15. The zero-order valence-corrected chi connectivity index (χ0v) is 17.9. The second kappa shape index (κ2) is 8.13. The van der Waals surface area contributed by atoms with Gasteiger partial charge in [0, 0.05) is 27.7 Å². The first-order valence-electron chi connectivity index (χ1n) is 9.66. The Kier molecular flexibility index (Phi) is 5.66. The van der Waals surface area contributed by atoms with E-state index in [-0.39, 0.29) is 52.5 Å². The molecule has 0 unspecified atom stereocenters. The van der Waals surface area contributed by atoms with Crippen LogP contribution < -0.4 is 15.4 Å². The van der Waals surface area contributed by atoms with E-state index in [9.17, 15) is 18.8 Å². The molecular weight excluding hydrogens is 446 g/mol. The predicted octanol–water partition coefficient (Wildman–Crippen LogP) is 3.69. The van der Waals surface area contributed by atoms with Gasteiger partial charge in [-0.3, -0.25) is 14.4 Å². The first-order chi connectivity index (χ1) is 14.7. The predicted molar refractivity (Wildman–Crippen MR) is 113 cm³/mol. The number of amides is 2. The molecule has 0 radical (unpaired) electrons. The minimum Gasteiger partial charge on any atom is -0.484 e. The second-order valence-electron chi connectivity index (χ2n) is 8.16. The van der Waals surface area contributed by atoms with Gasteiger partial charge in [0.25, 0.3) is 5.91 Å². The molecule has 0 aliphatic heterocycles. The number of halogens is 3. The van der Waals surface area contributed by atoms with Gasteiger partial charge in [0.15, 0.2) is 12.4 Å². The summed E-state index contributed by atoms with van der Waals surface area (Å²) in [4.78, 5) is 36.6. The van der Waals surface area contributed by atoms with Crippen molar-refractivity contribution in [3.05, 3.63) is 63.9 Å². The molecule has 0 aromatic heterocycles. The average Bonchev–Trinajstić information content (AvgIpc) is 2.66. The van der Waals surface area contributed by atoms with Crippen LogP contribution in [-0.2, 0) is 9.59 Å². The normalized spacial score (nSPS) is 23.2. The molecule has 31 heavy (non-hydrogen) atoms. The summed E-state index contributed by atoms with van der Waals surface area (Å²) in [6, 6.07) is 10.3. The van der Waals surface area contributed by atoms with Gasteiger partial charge >= 0.3 is 0 Å². The number of hydrogen-bond donors (Lipinski definition) is 2. The molecule has 3 fully saturated rings. The first-order valence-corrected chi connectivity index (χ1v) is 10.4. The fraction of sp³-hybridized carbons (Fsp3) is 0.318. The molecule has 2 aromatic carbocycles. The van der Waals surface area contributed by atoms with Gasteiger partial charge in [-0.2, -0.15) is 0 Å². The van der Waals surface area contributed by atoms with E-state index in [2.05, 4.69) is 10.6 Å². The molecular formula is C22H19Cl2FN2O4. The fourth-order valence-corrected chi connectivity index (χ4v) is 4.57. The van der Waals surface area contributed by atoms with E-state index in [1.165, 1.54) is 12.1 Å². The van der Waals surface area contributed by atoms with Gasteiger partial charge in [0.2, 0.25) is 5.91 Å². The van der Waals surface area contributed by atoms with E-state index in [1.807, 2.05) is 0 Å². The first kappa shape index (κ1) is 21.6. The number of benzene rings is 2. The maximum Gasteiger partial charge on any atom is 0.258 e. The summed E-state index contributed by atoms with van der Waals surface area (Å²) in [7, 11) is 0. The van der Waals surface area contributed by atoms with Gasteiger partial charge in [-0.1, -0.05) is 23.2 Å². The van der Waals surface area contributed by atoms with Crippen LogP contribution in [0.3, 0.4) is 0 Å². The van der Waals surface area contributed by atoms with Crippen molar-refractivity contribution in [2.24, 2.45) is 0 Å². The molecule has 0 saturated heterocycles. The summed E-state index contributed by atoms with van der Waals surface area (Å²) < 4.78 is 18.7. The van der Waals surface area contributed by atoms with Crippen molar-refractivity contribution in [3.8, 4) is 5.75 Å². The summed E-state index contributed by atoms with van der Waals surface area (Å²) in [5, 5.41) is 6.33. The Morgan fingerprint density at radius 2 is 1.55 bits per heavy atom. The van der Waals surface area contributed by atoms with E-state index in [4.69, 9.17) is 27.9 Å². The van der Waals surface area contributed by atoms with Crippen LogP contribution in [0.25, 0.3) is 0 Å². The highest BCUT2D eigenvalue weighted by molar-refractivity contribution is 6.31. The lowest BCUT2D eigenvalue weighted by Gasteiger charge is -2.70. The number of ether oxygens (including phenoxy) is 1. The highest BCUT2D eigenvalue weighted by Crippen LogP contribution is 2.60. The lowest BCUT2D eigenvalue weighted by Crippen LogP contribution is -2.84. The Labute approximate surface area is 188 Å². The number of rotatable bonds is 8. The van der Waals surface area contributed by atoms with E-state index in [0.717, 1.165) is 6.07 Å². The molecule has 2 bridgehead atoms. The van der Waals surface area contributed by atoms with Gasteiger partial charge in [-0.05, 0) is 55.7 Å². The Bertz CT molecular complexity index is 1040. The molecule has 3 aliphatic carbocycles. The van der Waals surface area contributed by atoms with Crippen molar-refractivity contribution in [3.63, 3.8) is 0 Å². The zero-order chi connectivity index (χ0) is 22.2. The van der Waals surface area contributed by atoms with E-state index < -0.39 is 5.82 Å². The molecule has 0 heterocycles. The Balaban J connectivity index is 1.20. The number of Topliss-reactive ketones (excluding diaryl/α,β-unsaturated/α-hetero) is 1. The van der Waals surface area contributed by atoms with Crippen LogP contribution in [-0.4, -0.2) is 35.3 Å². The molecule has 2 aromatic rings. The Morgan fingerprint density at radius 1 is 0.935 bits per heavy atom. The molecule has 3 saturated carbocycles. The van der Waals surface area contributed by atoms with E-state index in [0.29, 0.717) is 29.8 Å². The van der Waals surface area contributed by atoms with E-state index in [1.54, 1.807) is 24.3 Å². The molecule has 0 spiro atoms. The van der Waals surface area contributed by atoms with Gasteiger partial charge in [-0.25, -0.2) is 4.39 Å². The lowest BCUT2D eigenvalue weighted by molar-refractivity contribution is -0.150. The van der Waals surface area contributed by atoms with Crippen molar-refractivity contribution >= 4 is 40.8 Å². The van der Waals surface area contributed by atoms with Crippen molar-refractivity contribution < 1.29 is 23.5 Å². The van der Waals surface area contributed by atoms with Crippen LogP contribution in [0.5, 0.6) is 5.75 Å². The summed E-state index contributed by atoms with van der Waals surface area (Å²) in [6.45, 7) is -0.252. The van der Waals surface area contributed by atoms with Crippen LogP contribution in [0.2, 0.25) is 10.0 Å². The van der Waals surface area contributed by atoms with Crippen LogP contribution in [0.1, 0.15) is 36.0 Å². The van der Waals surface area contributed by atoms with Gasteiger partial charge in [0.1, 0.15) is 11.6 Å². The van der Waals surface area contributed by atoms with Crippen LogP contribution in [0, 0.1) is 5.82 Å². The zero-order valence-electron chi connectivity index (χ0n) is 16.3. The third kappa shape index (κ3) is 4.67. The molecule has 5 rings (SSSR count). The smallest absolute Gasteiger partial charge is 0.258 e. The highest BCUT2D eigenvalue weighted by Gasteiger charge is 2.69. The number of ketones is 1. The summed E-state index contributed by atoms with van der Waals surface area (Å²) >= 11 is 11.4. The molecule has 2 N–H and O–H groups in total. The summed E-state index contributed by atoms with van der Waals surface area (Å²) in [6.07, 6.45) is 1.56. The second-order valence-corrected chi connectivity index (χ2v) is 9.00. The molecule has 2 amide bonds. The van der Waals surface area contributed by atoms with Gasteiger partial charge in [-0.15, -0.1) is 0 Å². The molecule has 162 valence electrons. The van der Waals surface area contributed by atoms with Crippen LogP contribution >= 0.6 is 23.2 Å². The minimum absolute atomic E-state index is 0.0205. The average molecular weight is 465 g/mol. The molecule has 0 atom stereocenters. The molecule has 6 nitrogen and oxygen atoms in total. The summed E-state index contributed by atoms with van der Waals surface area (Å²) in [5.41, 5.74) is -0.300. The topological polar surface area (TPSA) is 84.5 Å². The van der Waals surface area contributed by atoms with Crippen molar-refractivity contribution in [1.29, 1.82) is 0 Å². The van der Waals surface area contributed by atoms with Crippen molar-refractivity contribution in [2.75, 3.05) is 6.61 Å². The SMILES string of the molecule is O=C(COc1ccc(Cl)c(F)c1)NC12CC(NC(=O)CC(=O)c3ccc(Cl)cc3)(C1)C2. The Hall–Kier alpha value is -2.64. The fourth-order valence-electron chi connectivity index (χ4n) is 4.32. The maximum absolute atomic E-state index is 13.4. The standard InChI is InChI=1S/C22H19Cl2FN2O4/c23-14-3-1-13(2-4-14)18(28)8-19(29)26-21-10-22(11-21,12-21)27-20(30)9-31-15-5-6-16(24)17(25)7-15/h1-7H,8-12H2,(H,26,29)(H,27,30). The third-order valence-electron chi connectivity index (χ3n) is 5.59. The van der Waals surface area contributed by atoms with Gasteiger partial charge < -0.3 is 15.4 Å². The monoisotopic (exact) mass is 464 g/mol. The summed E-state index contributed by atoms with van der Waals surface area (Å²) in [5.74, 6) is -1.35. The Morgan fingerprint density at radius 3 is 2.16 bits per heavy atom. The van der Waals surface area contributed by atoms with Crippen LogP contribution in [0.15, 0.2) is 42.5 Å². The largest absolute Gasteiger partial charge is 0.484 e. The van der Waals surface area contributed by atoms with Crippen LogP contribution in [0.4, 0.5) is 4.39 Å². The number of carbonyl (C=O) groups is 3. The van der Waals surface area contributed by atoms with Crippen molar-refractivity contribution in [2.45, 2.75) is 36.8 Å². The highest BCUT2D eigenvalue weighted by atomic mass is 35.5.